The Bertz CT molecular complexity index is 581. The maximum absolute atomic E-state index is 13.0. The van der Waals surface area contributed by atoms with Gasteiger partial charge in [0.2, 0.25) is 5.91 Å². The van der Waals surface area contributed by atoms with Crippen molar-refractivity contribution in [2.24, 2.45) is 5.73 Å². The van der Waals surface area contributed by atoms with Crippen molar-refractivity contribution in [1.82, 2.24) is 0 Å². The van der Waals surface area contributed by atoms with E-state index in [4.69, 9.17) is 5.73 Å². The van der Waals surface area contributed by atoms with Crippen molar-refractivity contribution in [3.63, 3.8) is 0 Å². The minimum Gasteiger partial charge on any atom is -0.507 e. The summed E-state index contributed by atoms with van der Waals surface area (Å²) in [6.07, 6.45) is 0. The summed E-state index contributed by atoms with van der Waals surface area (Å²) in [5.74, 6) is -1.11. The number of phenolic OH excluding ortho intramolecular Hbond substituents is 1. The number of rotatable bonds is 2. The fourth-order valence-corrected chi connectivity index (χ4v) is 1.59. The molecule has 0 aliphatic heterocycles. The van der Waals surface area contributed by atoms with Crippen molar-refractivity contribution in [1.29, 1.82) is 0 Å². The second-order valence-corrected chi connectivity index (χ2v) is 3.61. The van der Waals surface area contributed by atoms with Crippen LogP contribution in [0.3, 0.4) is 0 Å². The second kappa shape index (κ2) is 4.25. The van der Waals surface area contributed by atoms with Crippen molar-refractivity contribution in [2.75, 3.05) is 0 Å². The van der Waals surface area contributed by atoms with E-state index < -0.39 is 5.91 Å². The van der Waals surface area contributed by atoms with Gasteiger partial charge in [0.05, 0.1) is 0 Å². The first-order valence-corrected chi connectivity index (χ1v) is 4.96. The molecular formula is C13H10FNO2. The van der Waals surface area contributed by atoms with Gasteiger partial charge in [-0.15, -0.1) is 0 Å². The van der Waals surface area contributed by atoms with Crippen LogP contribution in [-0.2, 0) is 0 Å². The predicted molar refractivity (Wildman–Crippen MR) is 62.0 cm³/mol. The van der Waals surface area contributed by atoms with Crippen LogP contribution in [0.25, 0.3) is 11.1 Å². The second-order valence-electron chi connectivity index (χ2n) is 3.61. The maximum atomic E-state index is 13.0. The highest BCUT2D eigenvalue weighted by Crippen LogP contribution is 2.30. The molecule has 2 aromatic rings. The third-order valence-electron chi connectivity index (χ3n) is 2.42. The molecule has 0 fully saturated rings. The zero-order valence-corrected chi connectivity index (χ0v) is 8.85. The lowest BCUT2D eigenvalue weighted by atomic mass is 10.0. The zero-order valence-electron chi connectivity index (χ0n) is 8.85. The molecule has 0 aliphatic rings. The Morgan fingerprint density at radius 3 is 2.53 bits per heavy atom. The molecule has 0 saturated carbocycles. The first-order chi connectivity index (χ1) is 8.08. The van der Waals surface area contributed by atoms with Crippen LogP contribution in [0.4, 0.5) is 4.39 Å². The van der Waals surface area contributed by atoms with Gasteiger partial charge in [-0.25, -0.2) is 4.39 Å². The molecule has 0 heterocycles. The molecule has 2 rings (SSSR count). The number of primary amides is 1. The van der Waals surface area contributed by atoms with Crippen LogP contribution in [0.2, 0.25) is 0 Å². The van der Waals surface area contributed by atoms with Gasteiger partial charge in [-0.1, -0.05) is 12.1 Å². The van der Waals surface area contributed by atoms with Gasteiger partial charge < -0.3 is 10.8 Å². The Hall–Kier alpha value is -2.36. The number of phenols is 1. The highest BCUT2D eigenvalue weighted by atomic mass is 19.1. The summed E-state index contributed by atoms with van der Waals surface area (Å²) in [4.78, 5) is 10.9. The number of amides is 1. The normalized spacial score (nSPS) is 10.2. The van der Waals surface area contributed by atoms with E-state index in [9.17, 15) is 14.3 Å². The fraction of sp³-hybridized carbons (Fsp3) is 0. The van der Waals surface area contributed by atoms with Crippen molar-refractivity contribution in [2.45, 2.75) is 0 Å². The van der Waals surface area contributed by atoms with Crippen LogP contribution in [0.15, 0.2) is 42.5 Å². The standard InChI is InChI=1S/C13H10FNO2/c14-10-3-1-2-8(6-10)11-5-4-9(13(15)17)7-12(11)16/h1-7,16H,(H2,15,17). The molecule has 3 N–H and O–H groups in total. The van der Waals surface area contributed by atoms with Crippen LogP contribution in [0, 0.1) is 5.82 Å². The largest absolute Gasteiger partial charge is 0.507 e. The highest BCUT2D eigenvalue weighted by molar-refractivity contribution is 5.94. The first kappa shape index (κ1) is 11.1. The molecule has 0 bridgehead atoms. The lowest BCUT2D eigenvalue weighted by molar-refractivity contribution is 0.1000. The van der Waals surface area contributed by atoms with E-state index >= 15 is 0 Å². The number of carbonyl (C=O) groups excluding carboxylic acids is 1. The molecule has 4 heteroatoms. The summed E-state index contributed by atoms with van der Waals surface area (Å²) in [6.45, 7) is 0. The van der Waals surface area contributed by atoms with Crippen LogP contribution in [-0.4, -0.2) is 11.0 Å². The number of carbonyl (C=O) groups is 1. The average molecular weight is 231 g/mol. The molecule has 0 radical (unpaired) electrons. The Morgan fingerprint density at radius 2 is 1.94 bits per heavy atom. The third kappa shape index (κ3) is 2.25. The summed E-state index contributed by atoms with van der Waals surface area (Å²) in [6, 6.07) is 10.1. The monoisotopic (exact) mass is 231 g/mol. The Labute approximate surface area is 97.3 Å². The molecule has 86 valence electrons. The first-order valence-electron chi connectivity index (χ1n) is 4.96. The summed E-state index contributed by atoms with van der Waals surface area (Å²) >= 11 is 0. The molecular weight excluding hydrogens is 221 g/mol. The number of benzene rings is 2. The van der Waals surface area contributed by atoms with Crippen LogP contribution in [0.5, 0.6) is 5.75 Å². The summed E-state index contributed by atoms with van der Waals surface area (Å²) in [7, 11) is 0. The van der Waals surface area contributed by atoms with E-state index in [2.05, 4.69) is 0 Å². The van der Waals surface area contributed by atoms with Crippen LogP contribution in [0.1, 0.15) is 10.4 Å². The van der Waals surface area contributed by atoms with E-state index in [0.717, 1.165) is 0 Å². The van der Waals surface area contributed by atoms with Gasteiger partial charge in [-0.05, 0) is 35.9 Å². The molecule has 0 atom stereocenters. The summed E-state index contributed by atoms with van der Waals surface area (Å²) in [5.41, 5.74) is 6.29. The van der Waals surface area contributed by atoms with E-state index in [1.807, 2.05) is 0 Å². The van der Waals surface area contributed by atoms with Gasteiger partial charge in [0.15, 0.2) is 0 Å². The number of hydrogen-bond donors (Lipinski definition) is 2. The van der Waals surface area contributed by atoms with E-state index in [1.54, 1.807) is 12.1 Å². The summed E-state index contributed by atoms with van der Waals surface area (Å²) < 4.78 is 13.0. The van der Waals surface area contributed by atoms with Gasteiger partial charge in [0, 0.05) is 11.1 Å². The molecule has 0 aliphatic carbocycles. The smallest absolute Gasteiger partial charge is 0.248 e. The zero-order chi connectivity index (χ0) is 12.4. The van der Waals surface area contributed by atoms with E-state index in [0.29, 0.717) is 11.1 Å². The minimum atomic E-state index is -0.619. The maximum Gasteiger partial charge on any atom is 0.248 e. The number of nitrogens with two attached hydrogens (primary N) is 1. The van der Waals surface area contributed by atoms with Gasteiger partial charge in [0.1, 0.15) is 11.6 Å². The Morgan fingerprint density at radius 1 is 1.18 bits per heavy atom. The van der Waals surface area contributed by atoms with Gasteiger partial charge in [-0.2, -0.15) is 0 Å². The Balaban J connectivity index is 2.50. The van der Waals surface area contributed by atoms with Gasteiger partial charge in [0.25, 0.3) is 0 Å². The third-order valence-corrected chi connectivity index (χ3v) is 2.42. The summed E-state index contributed by atoms with van der Waals surface area (Å²) in [5, 5.41) is 9.75. The molecule has 17 heavy (non-hydrogen) atoms. The molecule has 2 aromatic carbocycles. The van der Waals surface area contributed by atoms with E-state index in [1.165, 1.54) is 30.3 Å². The molecule has 1 amide bonds. The quantitative estimate of drug-likeness (QED) is 0.832. The molecule has 0 spiro atoms. The van der Waals surface area contributed by atoms with Crippen molar-refractivity contribution < 1.29 is 14.3 Å². The van der Waals surface area contributed by atoms with Crippen molar-refractivity contribution in [3.05, 3.63) is 53.8 Å². The van der Waals surface area contributed by atoms with Gasteiger partial charge >= 0.3 is 0 Å². The SMILES string of the molecule is NC(=O)c1ccc(-c2cccc(F)c2)c(O)c1. The lowest BCUT2D eigenvalue weighted by Crippen LogP contribution is -2.10. The number of hydrogen-bond acceptors (Lipinski definition) is 2. The van der Waals surface area contributed by atoms with E-state index in [-0.39, 0.29) is 17.1 Å². The highest BCUT2D eigenvalue weighted by Gasteiger charge is 2.08. The number of halogens is 1. The number of aromatic hydroxyl groups is 1. The predicted octanol–water partition coefficient (Wildman–Crippen LogP) is 2.30. The lowest BCUT2D eigenvalue weighted by Gasteiger charge is -2.06. The Kier molecular flexibility index (Phi) is 2.78. The fourth-order valence-electron chi connectivity index (χ4n) is 1.59. The molecule has 3 nitrogen and oxygen atoms in total. The molecule has 0 aromatic heterocycles. The van der Waals surface area contributed by atoms with Gasteiger partial charge in [-0.3, -0.25) is 4.79 Å². The molecule has 0 saturated heterocycles. The van der Waals surface area contributed by atoms with Crippen molar-refractivity contribution in [3.8, 4) is 16.9 Å². The van der Waals surface area contributed by atoms with Crippen LogP contribution < -0.4 is 5.73 Å². The average Bonchev–Trinajstić information content (AvgIpc) is 2.28. The van der Waals surface area contributed by atoms with Crippen LogP contribution >= 0.6 is 0 Å². The minimum absolute atomic E-state index is 0.105. The van der Waals surface area contributed by atoms with Crippen molar-refractivity contribution >= 4 is 5.91 Å². The topological polar surface area (TPSA) is 63.3 Å². The molecule has 0 unspecified atom stereocenters.